The Hall–Kier alpha value is -3.84. The van der Waals surface area contributed by atoms with E-state index in [1.165, 1.54) is 12.3 Å². The molecule has 0 atom stereocenters. The van der Waals surface area contributed by atoms with Crippen molar-refractivity contribution in [2.24, 2.45) is 0 Å². The van der Waals surface area contributed by atoms with Crippen LogP contribution in [0.4, 0.5) is 10.5 Å². The maximum absolute atomic E-state index is 12.8. The minimum absolute atomic E-state index is 0.201. The molecule has 2 aromatic carbocycles. The van der Waals surface area contributed by atoms with E-state index in [9.17, 15) is 14.4 Å². The van der Waals surface area contributed by atoms with E-state index < -0.39 is 17.8 Å². The van der Waals surface area contributed by atoms with Crippen LogP contribution in [0.15, 0.2) is 76.9 Å². The lowest BCUT2D eigenvalue weighted by molar-refractivity contribution is -0.122. The van der Waals surface area contributed by atoms with E-state index >= 15 is 0 Å². The summed E-state index contributed by atoms with van der Waals surface area (Å²) in [5, 5.41) is 2.81. The second-order valence-electron chi connectivity index (χ2n) is 6.38. The van der Waals surface area contributed by atoms with Crippen LogP contribution in [0, 0.1) is 0 Å². The Balaban J connectivity index is 1.51. The summed E-state index contributed by atoms with van der Waals surface area (Å²) < 4.78 is 10.9. The second-order valence-corrected chi connectivity index (χ2v) is 6.82. The Morgan fingerprint density at radius 3 is 2.40 bits per heavy atom. The van der Waals surface area contributed by atoms with Gasteiger partial charge < -0.3 is 9.15 Å². The number of ether oxygens (including phenoxy) is 1. The van der Waals surface area contributed by atoms with Crippen LogP contribution >= 0.6 is 11.6 Å². The molecular formula is C22H15ClN2O5. The summed E-state index contributed by atoms with van der Waals surface area (Å²) in [6.07, 6.45) is 2.71. The topological polar surface area (TPSA) is 88.9 Å². The Morgan fingerprint density at radius 1 is 1.00 bits per heavy atom. The number of hydrogen-bond donors (Lipinski definition) is 1. The van der Waals surface area contributed by atoms with Crippen molar-refractivity contribution in [2.45, 2.75) is 6.61 Å². The van der Waals surface area contributed by atoms with Crippen LogP contribution in [0.2, 0.25) is 5.02 Å². The first-order valence-electron chi connectivity index (χ1n) is 8.93. The van der Waals surface area contributed by atoms with Crippen LogP contribution in [0.3, 0.4) is 0 Å². The molecule has 1 N–H and O–H groups in total. The maximum atomic E-state index is 12.8. The van der Waals surface area contributed by atoms with E-state index in [0.717, 1.165) is 10.5 Å². The molecule has 4 rings (SSSR count). The van der Waals surface area contributed by atoms with Crippen molar-refractivity contribution >= 4 is 41.2 Å². The molecule has 0 bridgehead atoms. The Morgan fingerprint density at radius 2 is 1.73 bits per heavy atom. The number of barbiturate groups is 1. The van der Waals surface area contributed by atoms with Crippen LogP contribution in [-0.4, -0.2) is 17.8 Å². The molecule has 1 aromatic heterocycles. The number of nitrogens with one attached hydrogen (secondary N) is 1. The number of benzene rings is 2. The van der Waals surface area contributed by atoms with Crippen molar-refractivity contribution < 1.29 is 23.5 Å². The Labute approximate surface area is 176 Å². The highest BCUT2D eigenvalue weighted by atomic mass is 35.5. The molecule has 1 saturated heterocycles. The predicted octanol–water partition coefficient (Wildman–Crippen LogP) is 4.18. The van der Waals surface area contributed by atoms with Crippen LogP contribution < -0.4 is 15.0 Å². The van der Waals surface area contributed by atoms with Gasteiger partial charge in [-0.05, 0) is 60.2 Å². The molecule has 0 unspecified atom stereocenters. The van der Waals surface area contributed by atoms with E-state index in [4.69, 9.17) is 20.8 Å². The first-order valence-corrected chi connectivity index (χ1v) is 9.31. The molecule has 3 aromatic rings. The highest BCUT2D eigenvalue weighted by Gasteiger charge is 2.37. The molecule has 4 amide bonds. The van der Waals surface area contributed by atoms with Gasteiger partial charge in [-0.25, -0.2) is 9.69 Å². The molecule has 1 aliphatic heterocycles. The van der Waals surface area contributed by atoms with Gasteiger partial charge in [-0.2, -0.15) is 0 Å². The summed E-state index contributed by atoms with van der Waals surface area (Å²) in [6.45, 7) is 0.337. The summed E-state index contributed by atoms with van der Waals surface area (Å²) in [5.41, 5.74) is 1.04. The van der Waals surface area contributed by atoms with Gasteiger partial charge in [0, 0.05) is 5.02 Å². The van der Waals surface area contributed by atoms with Crippen molar-refractivity contribution in [3.8, 4) is 5.75 Å². The van der Waals surface area contributed by atoms with Crippen molar-refractivity contribution in [1.29, 1.82) is 0 Å². The van der Waals surface area contributed by atoms with Gasteiger partial charge >= 0.3 is 6.03 Å². The molecule has 2 heterocycles. The molecule has 1 fully saturated rings. The van der Waals surface area contributed by atoms with Gasteiger partial charge in [0.1, 0.15) is 23.7 Å². The first-order chi connectivity index (χ1) is 14.5. The zero-order valence-corrected chi connectivity index (χ0v) is 16.3. The normalized spacial score (nSPS) is 15.4. The number of carbonyl (C=O) groups is 3. The third kappa shape index (κ3) is 4.11. The van der Waals surface area contributed by atoms with Crippen LogP contribution in [0.5, 0.6) is 5.75 Å². The molecule has 0 saturated carbocycles. The molecule has 8 heteroatoms. The number of furan rings is 1. The lowest BCUT2D eigenvalue weighted by atomic mass is 10.1. The maximum Gasteiger partial charge on any atom is 0.335 e. The zero-order valence-electron chi connectivity index (χ0n) is 15.5. The number of anilines is 1. The Bertz CT molecular complexity index is 1120. The molecule has 0 radical (unpaired) electrons. The van der Waals surface area contributed by atoms with Crippen molar-refractivity contribution in [3.63, 3.8) is 0 Å². The summed E-state index contributed by atoms with van der Waals surface area (Å²) in [5.74, 6) is -0.634. The van der Waals surface area contributed by atoms with Gasteiger partial charge in [0.2, 0.25) is 0 Å². The lowest BCUT2D eigenvalue weighted by Crippen LogP contribution is -2.54. The standard InChI is InChI=1S/C22H15ClN2O5/c23-15-5-3-14(4-6-15)13-30-17-9-7-16(8-10-17)25-21(27)19(20(26)24-22(25)28)12-18-2-1-11-29-18/h1-12H,13H2,(H,24,26,28)/b19-12+. The van der Waals surface area contributed by atoms with Crippen molar-refractivity contribution in [2.75, 3.05) is 4.90 Å². The lowest BCUT2D eigenvalue weighted by Gasteiger charge is -2.26. The number of rotatable bonds is 5. The average molecular weight is 423 g/mol. The summed E-state index contributed by atoms with van der Waals surface area (Å²) in [7, 11) is 0. The number of carbonyl (C=O) groups excluding carboxylic acids is 3. The minimum Gasteiger partial charge on any atom is -0.489 e. The van der Waals surface area contributed by atoms with Gasteiger partial charge in [-0.15, -0.1) is 0 Å². The fraction of sp³-hybridized carbons (Fsp3) is 0.0455. The predicted molar refractivity (Wildman–Crippen MR) is 110 cm³/mol. The molecule has 150 valence electrons. The second kappa shape index (κ2) is 8.26. The summed E-state index contributed by atoms with van der Waals surface area (Å²) >= 11 is 5.87. The number of amides is 4. The molecule has 0 aliphatic carbocycles. The minimum atomic E-state index is -0.823. The highest BCUT2D eigenvalue weighted by molar-refractivity contribution is 6.39. The number of hydrogen-bond acceptors (Lipinski definition) is 5. The molecule has 30 heavy (non-hydrogen) atoms. The third-order valence-electron chi connectivity index (χ3n) is 4.35. The fourth-order valence-corrected chi connectivity index (χ4v) is 2.97. The number of urea groups is 1. The van der Waals surface area contributed by atoms with Crippen molar-refractivity contribution in [3.05, 3.63) is 88.8 Å². The van der Waals surface area contributed by atoms with Crippen LogP contribution in [0.1, 0.15) is 11.3 Å². The largest absolute Gasteiger partial charge is 0.489 e. The zero-order chi connectivity index (χ0) is 21.1. The van der Waals surface area contributed by atoms with Crippen LogP contribution in [0.25, 0.3) is 6.08 Å². The number of imide groups is 2. The van der Waals surface area contributed by atoms with E-state index in [2.05, 4.69) is 5.32 Å². The van der Waals surface area contributed by atoms with Gasteiger partial charge in [0.15, 0.2) is 0 Å². The quantitative estimate of drug-likeness (QED) is 0.492. The highest BCUT2D eigenvalue weighted by Crippen LogP contribution is 2.25. The SMILES string of the molecule is O=C1NC(=O)N(c2ccc(OCc3ccc(Cl)cc3)cc2)C(=O)/C1=C/c1ccco1. The van der Waals surface area contributed by atoms with E-state index in [0.29, 0.717) is 28.8 Å². The van der Waals surface area contributed by atoms with Gasteiger partial charge in [0.25, 0.3) is 11.8 Å². The van der Waals surface area contributed by atoms with Gasteiger partial charge in [-0.1, -0.05) is 23.7 Å². The smallest absolute Gasteiger partial charge is 0.335 e. The molecule has 7 nitrogen and oxygen atoms in total. The van der Waals surface area contributed by atoms with Gasteiger partial charge in [-0.3, -0.25) is 14.9 Å². The molecular weight excluding hydrogens is 408 g/mol. The number of halogens is 1. The summed E-state index contributed by atoms with van der Waals surface area (Å²) in [6, 6.07) is 16.1. The molecule has 0 spiro atoms. The van der Waals surface area contributed by atoms with Gasteiger partial charge in [0.05, 0.1) is 12.0 Å². The van der Waals surface area contributed by atoms with Crippen molar-refractivity contribution in [1.82, 2.24) is 5.32 Å². The third-order valence-corrected chi connectivity index (χ3v) is 4.60. The first kappa shape index (κ1) is 19.5. The average Bonchev–Trinajstić information content (AvgIpc) is 3.25. The Kier molecular flexibility index (Phi) is 5.36. The van der Waals surface area contributed by atoms with E-state index in [-0.39, 0.29) is 5.57 Å². The van der Waals surface area contributed by atoms with E-state index in [1.807, 2.05) is 12.1 Å². The van der Waals surface area contributed by atoms with Crippen LogP contribution in [-0.2, 0) is 16.2 Å². The number of nitrogens with zero attached hydrogens (tertiary/aromatic N) is 1. The monoisotopic (exact) mass is 422 g/mol. The van der Waals surface area contributed by atoms with E-state index in [1.54, 1.807) is 48.5 Å². The summed E-state index contributed by atoms with van der Waals surface area (Å²) in [4.78, 5) is 38.0. The molecule has 1 aliphatic rings. The fourth-order valence-electron chi connectivity index (χ4n) is 2.85.